The van der Waals surface area contributed by atoms with Crippen molar-refractivity contribution in [2.45, 2.75) is 18.4 Å². The molecule has 0 saturated carbocycles. The van der Waals surface area contributed by atoms with E-state index in [0.717, 1.165) is 13.1 Å². The summed E-state index contributed by atoms with van der Waals surface area (Å²) in [4.78, 5) is 2.46. The Hall–Kier alpha value is -0.120. The van der Waals surface area contributed by atoms with Crippen LogP contribution < -0.4 is 11.1 Å². The highest BCUT2D eigenvalue weighted by molar-refractivity contribution is 5.03. The molecule has 3 N–H and O–H groups in total. The van der Waals surface area contributed by atoms with Crippen LogP contribution in [0.25, 0.3) is 0 Å². The second-order valence-electron chi connectivity index (χ2n) is 3.77. The number of nitrogens with zero attached hydrogens (tertiary/aromatic N) is 1. The maximum atomic E-state index is 5.49. The molecule has 2 saturated heterocycles. The van der Waals surface area contributed by atoms with Crippen molar-refractivity contribution in [3.8, 4) is 0 Å². The van der Waals surface area contributed by atoms with Gasteiger partial charge in [-0.25, -0.2) is 0 Å². The number of rotatable bonds is 2. The summed E-state index contributed by atoms with van der Waals surface area (Å²) < 4.78 is 0. The van der Waals surface area contributed by atoms with Gasteiger partial charge in [0.2, 0.25) is 0 Å². The van der Waals surface area contributed by atoms with E-state index in [2.05, 4.69) is 10.2 Å². The summed E-state index contributed by atoms with van der Waals surface area (Å²) in [6, 6.07) is 0. The number of hydrogen-bond donors (Lipinski definition) is 2. The van der Waals surface area contributed by atoms with Crippen molar-refractivity contribution in [1.29, 1.82) is 0 Å². The van der Waals surface area contributed by atoms with Crippen LogP contribution in [0.5, 0.6) is 0 Å². The topological polar surface area (TPSA) is 41.3 Å². The molecule has 1 atom stereocenters. The van der Waals surface area contributed by atoms with Gasteiger partial charge in [0.1, 0.15) is 0 Å². The molecule has 1 spiro atoms. The molecule has 2 fully saturated rings. The Morgan fingerprint density at radius 3 is 2.73 bits per heavy atom. The molecule has 0 amide bonds. The molecule has 2 aliphatic rings. The Morgan fingerprint density at radius 1 is 1.45 bits per heavy atom. The van der Waals surface area contributed by atoms with Crippen LogP contribution in [0.15, 0.2) is 0 Å². The molecule has 3 heteroatoms. The Balaban J connectivity index is 1.83. The van der Waals surface area contributed by atoms with Gasteiger partial charge >= 0.3 is 0 Å². The van der Waals surface area contributed by atoms with Crippen molar-refractivity contribution in [1.82, 2.24) is 10.2 Å². The highest BCUT2D eigenvalue weighted by atomic mass is 15.2. The fourth-order valence-electron chi connectivity index (χ4n) is 2.16. The first-order chi connectivity index (χ1) is 5.35. The monoisotopic (exact) mass is 155 g/mol. The molecule has 0 unspecified atom stereocenters. The zero-order valence-corrected chi connectivity index (χ0v) is 6.97. The lowest BCUT2D eigenvalue weighted by Crippen LogP contribution is -2.58. The Labute approximate surface area is 67.9 Å². The Morgan fingerprint density at radius 2 is 2.27 bits per heavy atom. The van der Waals surface area contributed by atoms with E-state index in [0.29, 0.717) is 5.54 Å². The van der Waals surface area contributed by atoms with Crippen molar-refractivity contribution in [3.05, 3.63) is 0 Å². The van der Waals surface area contributed by atoms with Crippen molar-refractivity contribution in [3.63, 3.8) is 0 Å². The van der Waals surface area contributed by atoms with Gasteiger partial charge < -0.3 is 16.0 Å². The van der Waals surface area contributed by atoms with Gasteiger partial charge in [0.05, 0.1) is 0 Å². The predicted octanol–water partition coefficient (Wildman–Crippen LogP) is -0.617. The first-order valence-corrected chi connectivity index (χ1v) is 4.52. The van der Waals surface area contributed by atoms with E-state index in [9.17, 15) is 0 Å². The standard InChI is InChI=1S/C8H17N3/c9-3-6-11-5-2-8(7-11)1-4-10-8/h10H,1-7,9H2/t8-/m0/s1. The average Bonchev–Trinajstić information content (AvgIpc) is 2.32. The molecule has 3 nitrogen and oxygen atoms in total. The van der Waals surface area contributed by atoms with Crippen LogP contribution in [0.4, 0.5) is 0 Å². The first-order valence-electron chi connectivity index (χ1n) is 4.52. The third-order valence-electron chi connectivity index (χ3n) is 2.98. The largest absolute Gasteiger partial charge is 0.329 e. The van der Waals surface area contributed by atoms with E-state index in [1.165, 1.54) is 32.5 Å². The van der Waals surface area contributed by atoms with Gasteiger partial charge in [-0.3, -0.25) is 0 Å². The highest BCUT2D eigenvalue weighted by Crippen LogP contribution is 2.29. The SMILES string of the molecule is NCCN1CC[C@@]2(CCN2)C1. The van der Waals surface area contributed by atoms with Crippen LogP contribution in [-0.2, 0) is 0 Å². The number of hydrogen-bond acceptors (Lipinski definition) is 3. The molecular weight excluding hydrogens is 138 g/mol. The Bertz CT molecular complexity index is 142. The van der Waals surface area contributed by atoms with Crippen molar-refractivity contribution in [2.24, 2.45) is 5.73 Å². The minimum absolute atomic E-state index is 0.509. The average molecular weight is 155 g/mol. The van der Waals surface area contributed by atoms with E-state index in [4.69, 9.17) is 5.73 Å². The maximum Gasteiger partial charge on any atom is 0.0333 e. The summed E-state index contributed by atoms with van der Waals surface area (Å²) in [5.74, 6) is 0. The molecule has 64 valence electrons. The van der Waals surface area contributed by atoms with Gasteiger partial charge in [-0.2, -0.15) is 0 Å². The van der Waals surface area contributed by atoms with Crippen LogP contribution in [0.1, 0.15) is 12.8 Å². The van der Waals surface area contributed by atoms with Gasteiger partial charge in [-0.1, -0.05) is 0 Å². The lowest BCUT2D eigenvalue weighted by atomic mass is 9.87. The third kappa shape index (κ3) is 1.28. The molecule has 0 bridgehead atoms. The van der Waals surface area contributed by atoms with E-state index < -0.39 is 0 Å². The number of nitrogens with one attached hydrogen (secondary N) is 1. The van der Waals surface area contributed by atoms with Gasteiger partial charge in [-0.15, -0.1) is 0 Å². The molecule has 0 aromatic heterocycles. The minimum Gasteiger partial charge on any atom is -0.329 e. The van der Waals surface area contributed by atoms with Crippen molar-refractivity contribution >= 4 is 0 Å². The molecular formula is C8H17N3. The molecule has 0 radical (unpaired) electrons. The molecule has 11 heavy (non-hydrogen) atoms. The fourth-order valence-corrected chi connectivity index (χ4v) is 2.16. The fraction of sp³-hybridized carbons (Fsp3) is 1.00. The first kappa shape index (κ1) is 7.53. The minimum atomic E-state index is 0.509. The second kappa shape index (κ2) is 2.73. The molecule has 0 aliphatic carbocycles. The Kier molecular flexibility index (Phi) is 1.87. The van der Waals surface area contributed by atoms with Crippen LogP contribution in [0.2, 0.25) is 0 Å². The van der Waals surface area contributed by atoms with Gasteiger partial charge in [-0.05, 0) is 19.4 Å². The van der Waals surface area contributed by atoms with Crippen LogP contribution in [-0.4, -0.2) is 43.2 Å². The molecule has 0 aromatic carbocycles. The van der Waals surface area contributed by atoms with E-state index in [1.807, 2.05) is 0 Å². The lowest BCUT2D eigenvalue weighted by Gasteiger charge is -2.40. The van der Waals surface area contributed by atoms with E-state index in [1.54, 1.807) is 0 Å². The highest BCUT2D eigenvalue weighted by Gasteiger charge is 2.41. The summed E-state index contributed by atoms with van der Waals surface area (Å²) >= 11 is 0. The van der Waals surface area contributed by atoms with Crippen LogP contribution >= 0.6 is 0 Å². The van der Waals surface area contributed by atoms with Crippen molar-refractivity contribution < 1.29 is 0 Å². The predicted molar refractivity (Wildman–Crippen MR) is 45.5 cm³/mol. The zero-order valence-electron chi connectivity index (χ0n) is 6.97. The number of nitrogens with two attached hydrogens (primary N) is 1. The summed E-state index contributed by atoms with van der Waals surface area (Å²) in [6.07, 6.45) is 2.70. The molecule has 2 aliphatic heterocycles. The van der Waals surface area contributed by atoms with E-state index >= 15 is 0 Å². The quantitative estimate of drug-likeness (QED) is 0.558. The number of likely N-dealkylation sites (tertiary alicyclic amines) is 1. The van der Waals surface area contributed by atoms with Gasteiger partial charge in [0.25, 0.3) is 0 Å². The maximum absolute atomic E-state index is 5.49. The molecule has 2 heterocycles. The summed E-state index contributed by atoms with van der Waals surface area (Å²) in [5.41, 5.74) is 6.00. The lowest BCUT2D eigenvalue weighted by molar-refractivity contribution is 0.203. The normalized spacial score (nSPS) is 37.9. The zero-order chi connectivity index (χ0) is 7.73. The summed E-state index contributed by atoms with van der Waals surface area (Å²) in [5, 5.41) is 3.53. The smallest absolute Gasteiger partial charge is 0.0333 e. The second-order valence-corrected chi connectivity index (χ2v) is 3.77. The third-order valence-corrected chi connectivity index (χ3v) is 2.98. The summed E-state index contributed by atoms with van der Waals surface area (Å²) in [6.45, 7) is 5.56. The van der Waals surface area contributed by atoms with Gasteiger partial charge in [0, 0.05) is 31.7 Å². The van der Waals surface area contributed by atoms with Crippen molar-refractivity contribution in [2.75, 3.05) is 32.7 Å². The molecule has 2 rings (SSSR count). The van der Waals surface area contributed by atoms with Crippen LogP contribution in [0.3, 0.4) is 0 Å². The summed E-state index contributed by atoms with van der Waals surface area (Å²) in [7, 11) is 0. The molecule has 0 aromatic rings. The van der Waals surface area contributed by atoms with Crippen LogP contribution in [0, 0.1) is 0 Å². The van der Waals surface area contributed by atoms with Gasteiger partial charge in [0.15, 0.2) is 0 Å². The van der Waals surface area contributed by atoms with E-state index in [-0.39, 0.29) is 0 Å².